The number of carbonyl (C=O) groups is 1. The fourth-order valence-corrected chi connectivity index (χ4v) is 4.86. The van der Waals surface area contributed by atoms with Gasteiger partial charge >= 0.3 is 0 Å². The van der Waals surface area contributed by atoms with Crippen LogP contribution in [0.5, 0.6) is 0 Å². The molecule has 0 saturated heterocycles. The number of quaternary nitrogens is 1. The van der Waals surface area contributed by atoms with Crippen molar-refractivity contribution < 1.29 is 21.9 Å². The Bertz CT molecular complexity index is 915. The van der Waals surface area contributed by atoms with E-state index in [2.05, 4.69) is 76.3 Å². The van der Waals surface area contributed by atoms with Gasteiger partial charge in [-0.15, -0.1) is 0 Å². The molecule has 1 aromatic carbocycles. The van der Waals surface area contributed by atoms with Gasteiger partial charge in [0, 0.05) is 5.41 Å². The first-order valence-corrected chi connectivity index (χ1v) is 11.8. The number of carbonyl (C=O) groups excluding carboxylic acids is 1. The molecule has 2 fully saturated rings. The second kappa shape index (κ2) is 8.54. The van der Waals surface area contributed by atoms with Crippen LogP contribution in [0.3, 0.4) is 0 Å². The summed E-state index contributed by atoms with van der Waals surface area (Å²) in [5.74, 6) is 0.801. The highest BCUT2D eigenvalue weighted by Crippen LogP contribution is 2.65. The molecule has 30 heavy (non-hydrogen) atoms. The maximum Gasteiger partial charge on any atom is 0.217 e. The van der Waals surface area contributed by atoms with Gasteiger partial charge in [0.1, 0.15) is 5.69 Å². The lowest BCUT2D eigenvalue weighted by atomic mass is 9.70. The van der Waals surface area contributed by atoms with Crippen LogP contribution in [-0.4, -0.2) is 46.0 Å². The molecule has 3 rings (SSSR count). The normalized spacial score (nSPS) is 26.6. The molecule has 0 aromatic heterocycles. The van der Waals surface area contributed by atoms with E-state index in [1.165, 1.54) is 12.6 Å². The molecule has 0 aliphatic heterocycles. The Labute approximate surface area is 181 Å². The number of hydrogen-bond donors (Lipinski definition) is 0. The van der Waals surface area contributed by atoms with Gasteiger partial charge in [-0.3, -0.25) is 13.5 Å². The van der Waals surface area contributed by atoms with Crippen LogP contribution in [0.15, 0.2) is 29.8 Å². The van der Waals surface area contributed by atoms with E-state index >= 15 is 0 Å². The third kappa shape index (κ3) is 4.69. The monoisotopic (exact) mass is 437 g/mol. The van der Waals surface area contributed by atoms with Crippen LogP contribution in [0, 0.1) is 16.7 Å². The van der Waals surface area contributed by atoms with E-state index in [9.17, 15) is 17.8 Å². The second-order valence-electron chi connectivity index (χ2n) is 9.48. The van der Waals surface area contributed by atoms with Gasteiger partial charge < -0.3 is 4.55 Å². The van der Waals surface area contributed by atoms with Crippen molar-refractivity contribution in [1.82, 2.24) is 4.48 Å². The highest BCUT2D eigenvalue weighted by Gasteiger charge is 2.63. The van der Waals surface area contributed by atoms with Crippen molar-refractivity contribution in [2.24, 2.45) is 16.7 Å². The quantitative estimate of drug-likeness (QED) is 0.299. The Morgan fingerprint density at radius 2 is 1.73 bits per heavy atom. The molecule has 2 unspecified atom stereocenters. The lowest BCUT2D eigenvalue weighted by molar-refractivity contribution is -0.125. The number of Topliss-reactive ketones (excluding diaryl/α,β-unsaturated/α-hetero) is 1. The van der Waals surface area contributed by atoms with Crippen LogP contribution >= 0.6 is 0 Å². The topological polar surface area (TPSA) is 83.5 Å². The van der Waals surface area contributed by atoms with Crippen molar-refractivity contribution in [3.05, 3.63) is 35.4 Å². The number of hydrogen-bond acceptors (Lipinski definition) is 5. The Kier molecular flexibility index (Phi) is 7.04. The van der Waals surface area contributed by atoms with Crippen molar-refractivity contribution >= 4 is 27.9 Å². The maximum absolute atomic E-state index is 12.9. The van der Waals surface area contributed by atoms with Gasteiger partial charge in [0.05, 0.1) is 27.2 Å². The Hall–Kier alpha value is -1.54. The Morgan fingerprint density at radius 3 is 2.10 bits per heavy atom. The number of ketones is 1. The van der Waals surface area contributed by atoms with Gasteiger partial charge in [-0.2, -0.15) is 0 Å². The fourth-order valence-electron chi connectivity index (χ4n) is 4.57. The zero-order valence-corrected chi connectivity index (χ0v) is 20.0. The summed E-state index contributed by atoms with van der Waals surface area (Å²) < 4.78 is 32.9. The molecule has 1 aromatic rings. The molecule has 6 nitrogen and oxygen atoms in total. The predicted molar refractivity (Wildman–Crippen MR) is 120 cm³/mol. The zero-order valence-electron chi connectivity index (χ0n) is 19.2. The summed E-state index contributed by atoms with van der Waals surface area (Å²) in [5, 5.41) is 0. The highest BCUT2D eigenvalue weighted by molar-refractivity contribution is 7.80. The van der Waals surface area contributed by atoms with Gasteiger partial charge in [0.15, 0.2) is 5.78 Å². The first-order valence-electron chi connectivity index (χ1n) is 10.5. The first-order chi connectivity index (χ1) is 13.7. The molecule has 2 bridgehead atoms. The number of benzene rings is 1. The van der Waals surface area contributed by atoms with E-state index in [1.54, 1.807) is 0 Å². The number of allylic oxidation sites excluding steroid dienone is 1. The van der Waals surface area contributed by atoms with Crippen molar-refractivity contribution in [3.8, 4) is 0 Å². The van der Waals surface area contributed by atoms with E-state index < -0.39 is 10.4 Å². The molecule has 0 heterocycles. The van der Waals surface area contributed by atoms with Gasteiger partial charge in [0.2, 0.25) is 10.4 Å². The fraction of sp³-hybridized carbons (Fsp3) is 0.609. The van der Waals surface area contributed by atoms with Crippen molar-refractivity contribution in [1.29, 1.82) is 0 Å². The number of rotatable bonds is 5. The minimum Gasteiger partial charge on any atom is -0.726 e. The number of fused-ring (bicyclic) bond motifs is 2. The third-order valence-corrected chi connectivity index (χ3v) is 7.86. The van der Waals surface area contributed by atoms with Crippen molar-refractivity contribution in [2.75, 3.05) is 27.2 Å². The van der Waals surface area contributed by atoms with Crippen LogP contribution in [0.4, 0.5) is 5.69 Å². The lowest BCUT2D eigenvalue weighted by Crippen LogP contribution is -2.39. The summed E-state index contributed by atoms with van der Waals surface area (Å²) >= 11 is 0. The molecule has 2 aliphatic carbocycles. The number of nitrogens with zero attached hydrogens (tertiary/aromatic N) is 1. The summed E-state index contributed by atoms with van der Waals surface area (Å²) in [6, 6.07) is 8.71. The Balaban J connectivity index is 0.000000396. The van der Waals surface area contributed by atoms with Crippen molar-refractivity contribution in [2.45, 2.75) is 47.5 Å². The molecule has 7 heteroatoms. The maximum atomic E-state index is 12.9. The van der Waals surface area contributed by atoms with E-state index in [4.69, 9.17) is 0 Å². The summed E-state index contributed by atoms with van der Waals surface area (Å²) in [4.78, 5) is 12.9. The smallest absolute Gasteiger partial charge is 0.217 e. The van der Waals surface area contributed by atoms with E-state index in [-0.39, 0.29) is 17.4 Å². The standard InChI is InChI=1S/C21H30NO.C2H6O4S/c1-7-22(5,6)16-10-8-15(9-11-16)14-17-18-12-13-21(4,19(17)23)20(18,2)3;1-2-6-7(3,4)5/h8-11,14,18H,7,12-13H2,1-6H3;2H2,1H3,(H,3,4,5)/q+1;/p-1. The first kappa shape index (κ1) is 24.7. The largest absolute Gasteiger partial charge is 0.726 e. The highest BCUT2D eigenvalue weighted by atomic mass is 32.3. The molecular weight excluding hydrogens is 402 g/mol. The zero-order chi connectivity index (χ0) is 23.0. The summed E-state index contributed by atoms with van der Waals surface area (Å²) in [5.41, 5.74) is 3.45. The molecule has 0 spiro atoms. The molecule has 0 radical (unpaired) electrons. The molecule has 2 aliphatic rings. The van der Waals surface area contributed by atoms with Crippen molar-refractivity contribution in [3.63, 3.8) is 0 Å². The second-order valence-corrected chi connectivity index (χ2v) is 10.5. The Morgan fingerprint density at radius 1 is 1.17 bits per heavy atom. The summed E-state index contributed by atoms with van der Waals surface area (Å²) in [6.07, 6.45) is 4.34. The average Bonchev–Trinajstić information content (AvgIpc) is 2.95. The lowest BCUT2D eigenvalue weighted by Gasteiger charge is -2.31. The van der Waals surface area contributed by atoms with Crippen LogP contribution in [-0.2, 0) is 19.4 Å². The molecule has 2 saturated carbocycles. The predicted octanol–water partition coefficient (Wildman–Crippen LogP) is 4.17. The molecular formula is C23H35NO5S. The van der Waals surface area contributed by atoms with E-state index in [1.807, 2.05) is 0 Å². The molecule has 0 N–H and O–H groups in total. The van der Waals surface area contributed by atoms with Crippen LogP contribution < -0.4 is 4.48 Å². The van der Waals surface area contributed by atoms with Gasteiger partial charge in [-0.25, -0.2) is 8.42 Å². The SMILES string of the molecule is CCOS(=O)(=O)[O-].CC[N+](C)(C)c1ccc(C=C2C(=O)C3(C)CCC2C3(C)C)cc1. The van der Waals surface area contributed by atoms with E-state index in [0.717, 1.165) is 35.0 Å². The molecule has 2 atom stereocenters. The third-order valence-electron chi connectivity index (χ3n) is 7.33. The summed E-state index contributed by atoms with van der Waals surface area (Å²) in [7, 11) is 0.0129. The van der Waals surface area contributed by atoms with Crippen LogP contribution in [0.1, 0.15) is 53.0 Å². The molecule has 168 valence electrons. The van der Waals surface area contributed by atoms with E-state index in [0.29, 0.717) is 11.7 Å². The van der Waals surface area contributed by atoms with Gasteiger partial charge in [0.25, 0.3) is 0 Å². The van der Waals surface area contributed by atoms with Crippen LogP contribution in [0.2, 0.25) is 0 Å². The van der Waals surface area contributed by atoms with Gasteiger partial charge in [-0.1, -0.05) is 20.8 Å². The molecule has 0 amide bonds. The average molecular weight is 438 g/mol. The van der Waals surface area contributed by atoms with Gasteiger partial charge in [-0.05, 0) is 79.5 Å². The minimum absolute atomic E-state index is 0.0914. The van der Waals surface area contributed by atoms with Crippen LogP contribution in [0.25, 0.3) is 6.08 Å². The summed E-state index contributed by atoms with van der Waals surface area (Å²) in [6.45, 7) is 11.3. The minimum atomic E-state index is -4.42.